The van der Waals surface area contributed by atoms with Crippen LogP contribution in [-0.4, -0.2) is 30.3 Å². The first-order chi connectivity index (χ1) is 14.5. The molecule has 0 aliphatic heterocycles. The van der Waals surface area contributed by atoms with E-state index in [1.54, 1.807) is 21.1 Å². The van der Waals surface area contributed by atoms with Gasteiger partial charge in [0.1, 0.15) is 11.5 Å². The molecule has 0 saturated carbocycles. The SMILES string of the molecule is CCOP(=O)(O)Cc1ccc(-n2c3ccc(OC)cc3c3cc(OC)ccc32)cc1. The van der Waals surface area contributed by atoms with Crippen LogP contribution in [0.25, 0.3) is 27.5 Å². The molecule has 0 amide bonds. The predicted molar refractivity (Wildman–Crippen MR) is 119 cm³/mol. The Morgan fingerprint density at radius 1 is 0.867 bits per heavy atom. The standard InChI is InChI=1S/C23H24NO5P/c1-4-29-30(25,26)15-16-5-7-17(8-6-16)24-22-11-9-18(27-2)13-20(22)21-14-19(28-3)10-12-23(21)24/h5-14H,4,15H2,1-3H3,(H,25,26). The highest BCUT2D eigenvalue weighted by Gasteiger charge is 2.19. The lowest BCUT2D eigenvalue weighted by Gasteiger charge is -2.12. The zero-order chi connectivity index (χ0) is 21.3. The normalized spacial score (nSPS) is 13.5. The Kier molecular flexibility index (Phi) is 5.56. The molecule has 0 aliphatic carbocycles. The van der Waals surface area contributed by atoms with Crippen LogP contribution in [-0.2, 0) is 15.3 Å². The molecular weight excluding hydrogens is 401 g/mol. The van der Waals surface area contributed by atoms with Crippen LogP contribution >= 0.6 is 7.60 Å². The Labute approximate surface area is 175 Å². The van der Waals surface area contributed by atoms with Crippen molar-refractivity contribution in [2.45, 2.75) is 13.1 Å². The van der Waals surface area contributed by atoms with E-state index in [0.29, 0.717) is 0 Å². The van der Waals surface area contributed by atoms with Gasteiger partial charge in [-0.2, -0.15) is 0 Å². The predicted octanol–water partition coefficient (Wildman–Crippen LogP) is 5.52. The maximum absolute atomic E-state index is 12.1. The highest BCUT2D eigenvalue weighted by atomic mass is 31.2. The number of fused-ring (bicyclic) bond motifs is 3. The van der Waals surface area contributed by atoms with Crippen LogP contribution in [0.1, 0.15) is 12.5 Å². The molecule has 6 nitrogen and oxygen atoms in total. The van der Waals surface area contributed by atoms with Crippen LogP contribution in [0, 0.1) is 0 Å². The third kappa shape index (κ3) is 3.82. The molecule has 1 heterocycles. The quantitative estimate of drug-likeness (QED) is 0.395. The van der Waals surface area contributed by atoms with Gasteiger partial charge in [0.25, 0.3) is 0 Å². The highest BCUT2D eigenvalue weighted by molar-refractivity contribution is 7.51. The lowest BCUT2D eigenvalue weighted by molar-refractivity contribution is 0.272. The Morgan fingerprint density at radius 3 is 1.87 bits per heavy atom. The van der Waals surface area contributed by atoms with E-state index in [2.05, 4.69) is 4.57 Å². The van der Waals surface area contributed by atoms with Crippen molar-refractivity contribution in [3.8, 4) is 17.2 Å². The molecule has 0 spiro atoms. The van der Waals surface area contributed by atoms with Crippen LogP contribution in [0.5, 0.6) is 11.5 Å². The second-order valence-electron chi connectivity index (χ2n) is 6.98. The Bertz CT molecular complexity index is 1180. The summed E-state index contributed by atoms with van der Waals surface area (Å²) in [6, 6.07) is 19.6. The van der Waals surface area contributed by atoms with E-state index >= 15 is 0 Å². The smallest absolute Gasteiger partial charge is 0.332 e. The molecule has 4 rings (SSSR count). The molecule has 0 aliphatic rings. The first kappa shape index (κ1) is 20.5. The Balaban J connectivity index is 1.84. The molecule has 0 bridgehead atoms. The average molecular weight is 425 g/mol. The molecule has 1 aromatic heterocycles. The number of benzene rings is 3. The fraction of sp³-hybridized carbons (Fsp3) is 0.217. The van der Waals surface area contributed by atoms with Gasteiger partial charge in [-0.3, -0.25) is 4.57 Å². The third-order valence-electron chi connectivity index (χ3n) is 5.09. The van der Waals surface area contributed by atoms with Gasteiger partial charge in [-0.15, -0.1) is 0 Å². The summed E-state index contributed by atoms with van der Waals surface area (Å²) < 4.78 is 30.1. The van der Waals surface area contributed by atoms with Crippen LogP contribution in [0.4, 0.5) is 0 Å². The number of aromatic nitrogens is 1. The summed E-state index contributed by atoms with van der Waals surface area (Å²) in [5.74, 6) is 1.57. The minimum Gasteiger partial charge on any atom is -0.497 e. The summed E-state index contributed by atoms with van der Waals surface area (Å²) in [5.41, 5.74) is 3.78. The van der Waals surface area contributed by atoms with Gasteiger partial charge in [-0.05, 0) is 61.0 Å². The first-order valence-corrected chi connectivity index (χ1v) is 11.4. The van der Waals surface area contributed by atoms with E-state index in [1.807, 2.05) is 60.7 Å². The molecule has 1 N–H and O–H groups in total. The number of rotatable bonds is 7. The van der Waals surface area contributed by atoms with Crippen molar-refractivity contribution in [3.63, 3.8) is 0 Å². The van der Waals surface area contributed by atoms with Crippen LogP contribution in [0.2, 0.25) is 0 Å². The first-order valence-electron chi connectivity index (χ1n) is 9.67. The molecule has 1 unspecified atom stereocenters. The van der Waals surface area contributed by atoms with E-state index in [1.165, 1.54) is 0 Å². The molecule has 0 fully saturated rings. The molecule has 1 atom stereocenters. The van der Waals surface area contributed by atoms with E-state index in [9.17, 15) is 9.46 Å². The highest BCUT2D eigenvalue weighted by Crippen LogP contribution is 2.45. The van der Waals surface area contributed by atoms with Crippen molar-refractivity contribution in [2.24, 2.45) is 0 Å². The summed E-state index contributed by atoms with van der Waals surface area (Å²) in [4.78, 5) is 9.91. The summed E-state index contributed by atoms with van der Waals surface area (Å²) in [5, 5.41) is 2.12. The summed E-state index contributed by atoms with van der Waals surface area (Å²) in [6.45, 7) is 1.92. The molecular formula is C23H24NO5P. The minimum atomic E-state index is -3.62. The summed E-state index contributed by atoms with van der Waals surface area (Å²) in [7, 11) is -0.312. The van der Waals surface area contributed by atoms with Gasteiger partial charge >= 0.3 is 7.60 Å². The molecule has 30 heavy (non-hydrogen) atoms. The van der Waals surface area contributed by atoms with Crippen LogP contribution in [0.3, 0.4) is 0 Å². The number of hydrogen-bond acceptors (Lipinski definition) is 4. The molecule has 0 saturated heterocycles. The second kappa shape index (κ2) is 8.15. The summed E-state index contributed by atoms with van der Waals surface area (Å²) >= 11 is 0. The van der Waals surface area contributed by atoms with Gasteiger partial charge in [0, 0.05) is 16.5 Å². The van der Waals surface area contributed by atoms with Gasteiger partial charge in [-0.25, -0.2) is 0 Å². The Hall–Kier alpha value is -2.79. The minimum absolute atomic E-state index is 0.0112. The molecule has 7 heteroatoms. The Morgan fingerprint density at radius 2 is 1.40 bits per heavy atom. The van der Waals surface area contributed by atoms with E-state index < -0.39 is 7.60 Å². The zero-order valence-corrected chi connectivity index (χ0v) is 18.1. The lowest BCUT2D eigenvalue weighted by Crippen LogP contribution is -1.96. The van der Waals surface area contributed by atoms with Crippen molar-refractivity contribution in [3.05, 3.63) is 66.2 Å². The molecule has 156 valence electrons. The van der Waals surface area contributed by atoms with Gasteiger partial charge in [0.15, 0.2) is 0 Å². The van der Waals surface area contributed by atoms with Gasteiger partial charge < -0.3 is 23.5 Å². The largest absolute Gasteiger partial charge is 0.497 e. The van der Waals surface area contributed by atoms with Crippen molar-refractivity contribution in [2.75, 3.05) is 20.8 Å². The number of methoxy groups -OCH3 is 2. The van der Waals surface area contributed by atoms with Crippen molar-refractivity contribution in [1.29, 1.82) is 0 Å². The molecule has 3 aromatic carbocycles. The number of ether oxygens (including phenoxy) is 2. The number of hydrogen-bond donors (Lipinski definition) is 1. The van der Waals surface area contributed by atoms with Crippen molar-refractivity contribution in [1.82, 2.24) is 4.57 Å². The van der Waals surface area contributed by atoms with Crippen molar-refractivity contribution < 1.29 is 23.5 Å². The zero-order valence-electron chi connectivity index (χ0n) is 17.2. The number of nitrogens with zero attached hydrogens (tertiary/aromatic N) is 1. The van der Waals surface area contributed by atoms with E-state index in [-0.39, 0.29) is 12.8 Å². The fourth-order valence-electron chi connectivity index (χ4n) is 3.74. The topological polar surface area (TPSA) is 69.9 Å². The third-order valence-corrected chi connectivity index (χ3v) is 6.51. The lowest BCUT2D eigenvalue weighted by atomic mass is 10.1. The van der Waals surface area contributed by atoms with E-state index in [0.717, 1.165) is 44.6 Å². The fourth-order valence-corrected chi connectivity index (χ4v) is 4.91. The monoisotopic (exact) mass is 425 g/mol. The maximum atomic E-state index is 12.1. The van der Waals surface area contributed by atoms with Crippen LogP contribution in [0.15, 0.2) is 60.7 Å². The van der Waals surface area contributed by atoms with Gasteiger partial charge in [0.2, 0.25) is 0 Å². The van der Waals surface area contributed by atoms with Gasteiger partial charge in [-0.1, -0.05) is 12.1 Å². The average Bonchev–Trinajstić information content (AvgIpc) is 3.06. The molecule has 0 radical (unpaired) electrons. The maximum Gasteiger partial charge on any atom is 0.332 e. The second-order valence-corrected chi connectivity index (χ2v) is 8.83. The van der Waals surface area contributed by atoms with Crippen LogP contribution < -0.4 is 9.47 Å². The summed E-state index contributed by atoms with van der Waals surface area (Å²) in [6.07, 6.45) is -0.0112. The van der Waals surface area contributed by atoms with Crippen molar-refractivity contribution >= 4 is 29.4 Å². The molecule has 4 aromatic rings. The van der Waals surface area contributed by atoms with Gasteiger partial charge in [0.05, 0.1) is 38.0 Å². The van der Waals surface area contributed by atoms with E-state index in [4.69, 9.17) is 14.0 Å².